The van der Waals surface area contributed by atoms with Crippen LogP contribution in [0.25, 0.3) is 0 Å². The van der Waals surface area contributed by atoms with Crippen LogP contribution in [0.15, 0.2) is 47.4 Å². The molecule has 0 radical (unpaired) electrons. The predicted octanol–water partition coefficient (Wildman–Crippen LogP) is 2.48. The number of amides is 1. The normalized spacial score (nSPS) is 16.2. The molecule has 0 bridgehead atoms. The number of anilines is 2. The number of nitrogens with zero attached hydrogens (tertiary/aromatic N) is 1. The Morgan fingerprint density at radius 2 is 1.81 bits per heavy atom. The zero-order valence-electron chi connectivity index (χ0n) is 14.3. The molecule has 3 rings (SSSR count). The lowest BCUT2D eigenvalue weighted by molar-refractivity contribution is -0.116. The summed E-state index contributed by atoms with van der Waals surface area (Å²) in [5.74, 6) is -1.16. The molecule has 1 atom stereocenters. The van der Waals surface area contributed by atoms with E-state index in [1.165, 1.54) is 37.3 Å². The molecule has 1 amide bonds. The summed E-state index contributed by atoms with van der Waals surface area (Å²) in [4.78, 5) is 24.4. The smallest absolute Gasteiger partial charge is 0.335 e. The van der Waals surface area contributed by atoms with Gasteiger partial charge in [0, 0.05) is 24.3 Å². The summed E-state index contributed by atoms with van der Waals surface area (Å²) < 4.78 is 27.7. The van der Waals surface area contributed by atoms with Crippen LogP contribution < -0.4 is 9.62 Å². The first-order valence-electron chi connectivity index (χ1n) is 7.98. The van der Waals surface area contributed by atoms with E-state index in [0.29, 0.717) is 6.42 Å². The first kappa shape index (κ1) is 17.9. The number of aromatic carboxylic acids is 1. The standard InChI is InChI=1S/C18H18N2O5S/c1-11-9-14-10-16(7-8-17(14)20(11)12(2)21)26(24,25)19-15-5-3-13(4-6-15)18(22)23/h3-8,10-11,19H,9H2,1-2H3,(H,22,23). The molecule has 0 aromatic heterocycles. The van der Waals surface area contributed by atoms with Crippen LogP contribution in [-0.2, 0) is 21.2 Å². The van der Waals surface area contributed by atoms with E-state index in [1.807, 2.05) is 6.92 Å². The van der Waals surface area contributed by atoms with Gasteiger partial charge in [-0.3, -0.25) is 9.52 Å². The highest BCUT2D eigenvalue weighted by Gasteiger charge is 2.30. The van der Waals surface area contributed by atoms with Crippen molar-refractivity contribution in [1.29, 1.82) is 0 Å². The molecule has 8 heteroatoms. The van der Waals surface area contributed by atoms with Gasteiger partial charge in [-0.25, -0.2) is 13.2 Å². The van der Waals surface area contributed by atoms with E-state index >= 15 is 0 Å². The molecule has 1 aliphatic heterocycles. The number of fused-ring (bicyclic) bond motifs is 1. The van der Waals surface area contributed by atoms with Crippen LogP contribution in [-0.4, -0.2) is 31.4 Å². The van der Waals surface area contributed by atoms with Gasteiger partial charge in [0.25, 0.3) is 10.0 Å². The molecule has 0 spiro atoms. The molecule has 7 nitrogen and oxygen atoms in total. The highest BCUT2D eigenvalue weighted by molar-refractivity contribution is 7.92. The molecule has 0 aliphatic carbocycles. The molecule has 1 heterocycles. The van der Waals surface area contributed by atoms with E-state index < -0.39 is 16.0 Å². The lowest BCUT2D eigenvalue weighted by atomic mass is 10.1. The van der Waals surface area contributed by atoms with Crippen molar-refractivity contribution in [3.05, 3.63) is 53.6 Å². The Morgan fingerprint density at radius 3 is 2.38 bits per heavy atom. The fourth-order valence-electron chi connectivity index (χ4n) is 3.15. The van der Waals surface area contributed by atoms with Gasteiger partial charge in [0.15, 0.2) is 0 Å². The van der Waals surface area contributed by atoms with E-state index in [9.17, 15) is 18.0 Å². The van der Waals surface area contributed by atoms with Crippen molar-refractivity contribution in [3.8, 4) is 0 Å². The first-order chi connectivity index (χ1) is 12.2. The number of hydrogen-bond donors (Lipinski definition) is 2. The Hall–Kier alpha value is -2.87. The topological polar surface area (TPSA) is 104 Å². The predicted molar refractivity (Wildman–Crippen MR) is 97.0 cm³/mol. The minimum absolute atomic E-state index is 0.0167. The van der Waals surface area contributed by atoms with Crippen molar-refractivity contribution in [3.63, 3.8) is 0 Å². The molecule has 0 fully saturated rings. The molecule has 2 aromatic rings. The van der Waals surface area contributed by atoms with Crippen LogP contribution in [0.2, 0.25) is 0 Å². The Morgan fingerprint density at radius 1 is 1.15 bits per heavy atom. The minimum Gasteiger partial charge on any atom is -0.478 e. The zero-order valence-corrected chi connectivity index (χ0v) is 15.1. The summed E-state index contributed by atoms with van der Waals surface area (Å²) in [6.07, 6.45) is 0.589. The molecule has 0 saturated carbocycles. The number of nitrogens with one attached hydrogen (secondary N) is 1. The molecular weight excluding hydrogens is 356 g/mol. The zero-order chi connectivity index (χ0) is 19.1. The third-order valence-corrected chi connectivity index (χ3v) is 5.68. The van der Waals surface area contributed by atoms with Crippen molar-refractivity contribution in [2.75, 3.05) is 9.62 Å². The van der Waals surface area contributed by atoms with E-state index in [4.69, 9.17) is 5.11 Å². The Labute approximate surface area is 151 Å². The summed E-state index contributed by atoms with van der Waals surface area (Å²) >= 11 is 0. The van der Waals surface area contributed by atoms with Gasteiger partial charge in [0.05, 0.1) is 10.5 Å². The van der Waals surface area contributed by atoms with Gasteiger partial charge in [-0.15, -0.1) is 0 Å². The molecule has 1 aliphatic rings. The number of carboxylic acid groups (broad SMARTS) is 1. The average molecular weight is 374 g/mol. The number of sulfonamides is 1. The summed E-state index contributed by atoms with van der Waals surface area (Å²) in [7, 11) is -3.82. The Kier molecular flexibility index (Phi) is 4.45. The third-order valence-electron chi connectivity index (χ3n) is 4.30. The Bertz CT molecular complexity index is 983. The lowest BCUT2D eigenvalue weighted by Crippen LogP contribution is -2.33. The quantitative estimate of drug-likeness (QED) is 0.856. The van der Waals surface area contributed by atoms with Crippen LogP contribution in [0.5, 0.6) is 0 Å². The van der Waals surface area contributed by atoms with Crippen molar-refractivity contribution >= 4 is 33.3 Å². The second-order valence-corrected chi connectivity index (χ2v) is 7.90. The van der Waals surface area contributed by atoms with Crippen LogP contribution >= 0.6 is 0 Å². The SMILES string of the molecule is CC(=O)N1c2ccc(S(=O)(=O)Nc3ccc(C(=O)O)cc3)cc2CC1C. The second-order valence-electron chi connectivity index (χ2n) is 6.22. The molecule has 136 valence electrons. The number of carboxylic acids is 1. The molecule has 0 saturated heterocycles. The van der Waals surface area contributed by atoms with Gasteiger partial charge in [0.2, 0.25) is 5.91 Å². The monoisotopic (exact) mass is 374 g/mol. The first-order valence-corrected chi connectivity index (χ1v) is 9.46. The fraction of sp³-hybridized carbons (Fsp3) is 0.222. The maximum absolute atomic E-state index is 12.6. The van der Waals surface area contributed by atoms with Gasteiger partial charge in [0.1, 0.15) is 0 Å². The van der Waals surface area contributed by atoms with Gasteiger partial charge in [-0.05, 0) is 61.4 Å². The van der Waals surface area contributed by atoms with Crippen molar-refractivity contribution in [2.45, 2.75) is 31.2 Å². The fourth-order valence-corrected chi connectivity index (χ4v) is 4.26. The van der Waals surface area contributed by atoms with Gasteiger partial charge in [-0.1, -0.05) is 0 Å². The Balaban J connectivity index is 1.88. The number of rotatable bonds is 4. The highest BCUT2D eigenvalue weighted by Crippen LogP contribution is 2.34. The van der Waals surface area contributed by atoms with E-state index in [-0.39, 0.29) is 28.1 Å². The average Bonchev–Trinajstić information content (AvgIpc) is 2.89. The maximum atomic E-state index is 12.6. The van der Waals surface area contributed by atoms with E-state index in [0.717, 1.165) is 11.3 Å². The molecule has 2 N–H and O–H groups in total. The molecule has 26 heavy (non-hydrogen) atoms. The van der Waals surface area contributed by atoms with Crippen LogP contribution in [0.4, 0.5) is 11.4 Å². The van der Waals surface area contributed by atoms with Gasteiger partial charge in [-0.2, -0.15) is 0 Å². The van der Waals surface area contributed by atoms with E-state index in [2.05, 4.69) is 4.72 Å². The molecular formula is C18H18N2O5S. The number of benzene rings is 2. The maximum Gasteiger partial charge on any atom is 0.335 e. The lowest BCUT2D eigenvalue weighted by Gasteiger charge is -2.20. The highest BCUT2D eigenvalue weighted by atomic mass is 32.2. The summed E-state index contributed by atoms with van der Waals surface area (Å²) in [6, 6.07) is 10.1. The summed E-state index contributed by atoms with van der Waals surface area (Å²) in [6.45, 7) is 3.40. The van der Waals surface area contributed by atoms with Gasteiger partial charge >= 0.3 is 5.97 Å². The number of carbonyl (C=O) groups excluding carboxylic acids is 1. The second kappa shape index (κ2) is 6.45. The third kappa shape index (κ3) is 3.28. The minimum atomic E-state index is -3.82. The van der Waals surface area contributed by atoms with Crippen molar-refractivity contribution in [1.82, 2.24) is 0 Å². The molecule has 1 unspecified atom stereocenters. The molecule has 2 aromatic carbocycles. The van der Waals surface area contributed by atoms with Gasteiger partial charge < -0.3 is 10.0 Å². The van der Waals surface area contributed by atoms with Crippen molar-refractivity contribution < 1.29 is 23.1 Å². The van der Waals surface area contributed by atoms with Crippen LogP contribution in [0, 0.1) is 0 Å². The summed E-state index contributed by atoms with van der Waals surface area (Å²) in [5, 5.41) is 8.89. The largest absolute Gasteiger partial charge is 0.478 e. The number of hydrogen-bond acceptors (Lipinski definition) is 4. The van der Waals surface area contributed by atoms with Crippen LogP contribution in [0.3, 0.4) is 0 Å². The summed E-state index contributed by atoms with van der Waals surface area (Å²) in [5.41, 5.74) is 1.88. The van der Waals surface area contributed by atoms with E-state index in [1.54, 1.807) is 17.0 Å². The van der Waals surface area contributed by atoms with Crippen molar-refractivity contribution in [2.24, 2.45) is 0 Å². The number of carbonyl (C=O) groups is 2. The van der Waals surface area contributed by atoms with Crippen LogP contribution in [0.1, 0.15) is 29.8 Å².